The summed E-state index contributed by atoms with van der Waals surface area (Å²) in [6.45, 7) is 2.98. The lowest BCUT2D eigenvalue weighted by atomic mass is 10.1. The normalized spacial score (nSPS) is 10.6. The molecule has 0 aliphatic carbocycles. The summed E-state index contributed by atoms with van der Waals surface area (Å²) < 4.78 is 0.466. The zero-order valence-electron chi connectivity index (χ0n) is 9.13. The summed E-state index contributed by atoms with van der Waals surface area (Å²) in [5, 5.41) is 0. The van der Waals surface area contributed by atoms with Crippen LogP contribution in [0, 0.1) is 4.51 Å². The third kappa shape index (κ3) is 1.66. The highest BCUT2D eigenvalue weighted by atomic mass is 32.1. The molecule has 14 heavy (non-hydrogen) atoms. The molecule has 0 aliphatic heterocycles. The fourth-order valence-corrected chi connectivity index (χ4v) is 1.96. The van der Waals surface area contributed by atoms with Crippen LogP contribution < -0.4 is 15.2 Å². The van der Waals surface area contributed by atoms with E-state index >= 15 is 0 Å². The molecule has 0 bridgehead atoms. The molecular formula is C10H16N2OS. The number of nitrogens with zero attached hydrogens (tertiary/aromatic N) is 2. The minimum atomic E-state index is 0.0136. The predicted molar refractivity (Wildman–Crippen MR) is 63.8 cm³/mol. The molecule has 0 fully saturated rings. The Balaban J connectivity index is 3.04. The molecule has 0 saturated heterocycles. The average molecular weight is 212 g/mol. The Kier molecular flexibility index (Phi) is 3.26. The maximum Gasteiger partial charge on any atom is 0.224 e. The molecule has 1 rings (SSSR count). The molecular weight excluding hydrogens is 196 g/mol. The van der Waals surface area contributed by atoms with Crippen molar-refractivity contribution in [3.8, 4) is 0 Å². The Bertz CT molecular complexity index is 391. The standard InChI is InChI=1S/C10H16N2OS/c1-5-6-12(4)7-8(11(2)3)10(14)9(7)13/h5-6H2,1-4H3. The first-order valence-corrected chi connectivity index (χ1v) is 5.13. The number of anilines is 2. The summed E-state index contributed by atoms with van der Waals surface area (Å²) in [5.74, 6) is 0. The van der Waals surface area contributed by atoms with E-state index in [1.807, 2.05) is 30.9 Å². The topological polar surface area (TPSA) is 23.6 Å². The third-order valence-corrected chi connectivity index (χ3v) is 2.63. The summed E-state index contributed by atoms with van der Waals surface area (Å²) in [4.78, 5) is 15.4. The summed E-state index contributed by atoms with van der Waals surface area (Å²) in [5.41, 5.74) is 1.68. The second-order valence-corrected chi connectivity index (χ2v) is 4.08. The smallest absolute Gasteiger partial charge is 0.224 e. The van der Waals surface area contributed by atoms with Crippen LogP contribution in [0.15, 0.2) is 4.79 Å². The van der Waals surface area contributed by atoms with Crippen LogP contribution in [0.3, 0.4) is 0 Å². The zero-order valence-corrected chi connectivity index (χ0v) is 9.94. The maximum atomic E-state index is 11.5. The van der Waals surface area contributed by atoms with E-state index in [-0.39, 0.29) is 5.43 Å². The maximum absolute atomic E-state index is 11.5. The van der Waals surface area contributed by atoms with Gasteiger partial charge in [-0.05, 0) is 6.42 Å². The van der Waals surface area contributed by atoms with Crippen LogP contribution in [0.2, 0.25) is 0 Å². The van der Waals surface area contributed by atoms with Gasteiger partial charge in [-0.1, -0.05) is 19.1 Å². The molecule has 0 aliphatic rings. The molecule has 0 amide bonds. The second kappa shape index (κ2) is 4.09. The van der Waals surface area contributed by atoms with Crippen molar-refractivity contribution in [1.82, 2.24) is 0 Å². The molecule has 1 aromatic rings. The van der Waals surface area contributed by atoms with Gasteiger partial charge < -0.3 is 9.80 Å². The first-order valence-electron chi connectivity index (χ1n) is 4.72. The fourth-order valence-electron chi connectivity index (χ4n) is 1.58. The summed E-state index contributed by atoms with van der Waals surface area (Å²) in [6, 6.07) is 0. The van der Waals surface area contributed by atoms with Gasteiger partial charge in [-0.3, -0.25) is 4.79 Å². The molecule has 0 spiro atoms. The van der Waals surface area contributed by atoms with Gasteiger partial charge in [-0.2, -0.15) is 0 Å². The fraction of sp³-hybridized carbons (Fsp3) is 0.600. The average Bonchev–Trinajstić information content (AvgIpc) is 2.11. The number of rotatable bonds is 4. The third-order valence-electron chi connectivity index (χ3n) is 2.25. The number of hydrogen-bond donors (Lipinski definition) is 0. The first-order chi connectivity index (χ1) is 6.50. The Labute approximate surface area is 89.6 Å². The quantitative estimate of drug-likeness (QED) is 0.707. The predicted octanol–water partition coefficient (Wildman–Crippen LogP) is 1.56. The highest BCUT2D eigenvalue weighted by Crippen LogP contribution is 2.28. The van der Waals surface area contributed by atoms with Gasteiger partial charge in [0.2, 0.25) is 5.43 Å². The zero-order chi connectivity index (χ0) is 10.9. The molecule has 0 radical (unpaired) electrons. The van der Waals surface area contributed by atoms with Crippen LogP contribution in [-0.2, 0) is 0 Å². The summed E-state index contributed by atoms with van der Waals surface area (Å²) in [6.07, 6.45) is 1.03. The van der Waals surface area contributed by atoms with Gasteiger partial charge in [0, 0.05) is 27.7 Å². The monoisotopic (exact) mass is 212 g/mol. The van der Waals surface area contributed by atoms with E-state index in [9.17, 15) is 4.79 Å². The van der Waals surface area contributed by atoms with Gasteiger partial charge in [0.1, 0.15) is 10.2 Å². The largest absolute Gasteiger partial charge is 0.375 e. The Morgan fingerprint density at radius 2 is 1.79 bits per heavy atom. The van der Waals surface area contributed by atoms with Crippen molar-refractivity contribution in [2.45, 2.75) is 13.3 Å². The van der Waals surface area contributed by atoms with Crippen LogP contribution in [0.5, 0.6) is 0 Å². The van der Waals surface area contributed by atoms with Crippen molar-refractivity contribution in [3.63, 3.8) is 0 Å². The van der Waals surface area contributed by atoms with Gasteiger partial charge in [0.05, 0.1) is 5.69 Å². The first kappa shape index (κ1) is 11.2. The van der Waals surface area contributed by atoms with Crippen LogP contribution in [-0.4, -0.2) is 27.7 Å². The van der Waals surface area contributed by atoms with E-state index in [0.717, 1.165) is 24.3 Å². The van der Waals surface area contributed by atoms with Crippen molar-refractivity contribution < 1.29 is 0 Å². The molecule has 0 N–H and O–H groups in total. The van der Waals surface area contributed by atoms with E-state index in [1.165, 1.54) is 0 Å². The van der Waals surface area contributed by atoms with Crippen molar-refractivity contribution >= 4 is 23.6 Å². The molecule has 0 atom stereocenters. The van der Waals surface area contributed by atoms with Crippen LogP contribution >= 0.6 is 12.2 Å². The highest BCUT2D eigenvalue weighted by Gasteiger charge is 2.21. The lowest BCUT2D eigenvalue weighted by Crippen LogP contribution is -2.32. The molecule has 0 unspecified atom stereocenters. The molecule has 78 valence electrons. The van der Waals surface area contributed by atoms with Crippen molar-refractivity contribution in [3.05, 3.63) is 14.7 Å². The van der Waals surface area contributed by atoms with E-state index in [4.69, 9.17) is 12.2 Å². The molecule has 1 aromatic carbocycles. The lowest BCUT2D eigenvalue weighted by molar-refractivity contribution is 0.842. The van der Waals surface area contributed by atoms with Gasteiger partial charge in [0.15, 0.2) is 0 Å². The van der Waals surface area contributed by atoms with E-state index < -0.39 is 0 Å². The summed E-state index contributed by atoms with van der Waals surface area (Å²) >= 11 is 5.01. The molecule has 3 nitrogen and oxygen atoms in total. The van der Waals surface area contributed by atoms with Gasteiger partial charge >= 0.3 is 0 Å². The number of hydrogen-bond acceptors (Lipinski definition) is 4. The van der Waals surface area contributed by atoms with Gasteiger partial charge in [-0.25, -0.2) is 0 Å². The van der Waals surface area contributed by atoms with Crippen LogP contribution in [0.4, 0.5) is 11.4 Å². The van der Waals surface area contributed by atoms with Gasteiger partial charge in [0.25, 0.3) is 0 Å². The SMILES string of the molecule is CCCN(C)c1c(N(C)C)c(=S)c1=O. The minimum Gasteiger partial charge on any atom is -0.375 e. The Morgan fingerprint density at radius 3 is 2.21 bits per heavy atom. The Hall–Kier alpha value is -0.900. The van der Waals surface area contributed by atoms with E-state index in [0.29, 0.717) is 4.51 Å². The molecule has 0 heterocycles. The van der Waals surface area contributed by atoms with Crippen molar-refractivity contribution in [2.75, 3.05) is 37.5 Å². The van der Waals surface area contributed by atoms with E-state index in [2.05, 4.69) is 6.92 Å². The minimum absolute atomic E-state index is 0.0136. The molecule has 0 aromatic heterocycles. The molecule has 4 heteroatoms. The van der Waals surface area contributed by atoms with Crippen molar-refractivity contribution in [1.29, 1.82) is 0 Å². The summed E-state index contributed by atoms with van der Waals surface area (Å²) in [7, 11) is 5.75. The van der Waals surface area contributed by atoms with Crippen molar-refractivity contribution in [2.24, 2.45) is 0 Å². The van der Waals surface area contributed by atoms with E-state index in [1.54, 1.807) is 0 Å². The van der Waals surface area contributed by atoms with Crippen LogP contribution in [0.25, 0.3) is 0 Å². The van der Waals surface area contributed by atoms with Crippen LogP contribution in [0.1, 0.15) is 13.3 Å². The highest BCUT2D eigenvalue weighted by molar-refractivity contribution is 7.71. The van der Waals surface area contributed by atoms with Gasteiger partial charge in [-0.15, -0.1) is 0 Å². The second-order valence-electron chi connectivity index (χ2n) is 3.67. The lowest BCUT2D eigenvalue weighted by Gasteiger charge is -2.27. The molecule has 0 saturated carbocycles. The Morgan fingerprint density at radius 1 is 1.21 bits per heavy atom.